The summed E-state index contributed by atoms with van der Waals surface area (Å²) in [6.07, 6.45) is 11.0. The molecule has 1 aliphatic rings. The number of unbranched alkanes of at least 4 members (excludes halogenated alkanes) is 5. The fraction of sp³-hybridized carbons (Fsp3) is 0.700. The zero-order chi connectivity index (χ0) is 15.6. The molecule has 1 aromatic carbocycles. The highest BCUT2D eigenvalue weighted by Gasteiger charge is 2.20. The van der Waals surface area contributed by atoms with Crippen LogP contribution in [-0.4, -0.2) is 18.7 Å². The SMILES string of the molecule is CCCCCCCCc1ccc(CO[C@H]2CN[C@H](C)C2)cc1. The molecule has 0 aromatic heterocycles. The molecule has 1 aromatic rings. The minimum absolute atomic E-state index is 0.387. The number of nitrogens with one attached hydrogen (secondary N) is 1. The van der Waals surface area contributed by atoms with Crippen LogP contribution >= 0.6 is 0 Å². The molecule has 2 nitrogen and oxygen atoms in total. The summed E-state index contributed by atoms with van der Waals surface area (Å²) in [5.41, 5.74) is 2.77. The van der Waals surface area contributed by atoms with E-state index in [1.807, 2.05) is 0 Å². The van der Waals surface area contributed by atoms with Crippen LogP contribution in [0.1, 0.15) is 69.9 Å². The molecule has 1 aliphatic heterocycles. The molecule has 1 fully saturated rings. The van der Waals surface area contributed by atoms with Gasteiger partial charge in [-0.2, -0.15) is 0 Å². The lowest BCUT2D eigenvalue weighted by Gasteiger charge is -2.11. The van der Waals surface area contributed by atoms with Crippen LogP contribution in [0.5, 0.6) is 0 Å². The Kier molecular flexibility index (Phi) is 7.96. The summed E-state index contributed by atoms with van der Waals surface area (Å²) in [6.45, 7) is 6.24. The third kappa shape index (κ3) is 6.50. The lowest BCUT2D eigenvalue weighted by molar-refractivity contribution is 0.0529. The molecule has 0 aliphatic carbocycles. The molecule has 0 saturated carbocycles. The zero-order valence-corrected chi connectivity index (χ0v) is 14.4. The number of benzene rings is 1. The van der Waals surface area contributed by atoms with E-state index in [0.717, 1.165) is 19.6 Å². The summed E-state index contributed by atoms with van der Waals surface area (Å²) in [7, 11) is 0. The first-order chi connectivity index (χ1) is 10.8. The van der Waals surface area contributed by atoms with E-state index in [2.05, 4.69) is 43.4 Å². The molecule has 0 bridgehead atoms. The van der Waals surface area contributed by atoms with Gasteiger partial charge in [-0.15, -0.1) is 0 Å². The first kappa shape index (κ1) is 17.5. The summed E-state index contributed by atoms with van der Waals surface area (Å²) in [5, 5.41) is 3.43. The molecule has 124 valence electrons. The van der Waals surface area contributed by atoms with Crippen molar-refractivity contribution >= 4 is 0 Å². The van der Waals surface area contributed by atoms with Gasteiger partial charge in [0.2, 0.25) is 0 Å². The Hall–Kier alpha value is -0.860. The van der Waals surface area contributed by atoms with Crippen LogP contribution in [0.25, 0.3) is 0 Å². The topological polar surface area (TPSA) is 21.3 Å². The average Bonchev–Trinajstić information content (AvgIpc) is 2.95. The number of rotatable bonds is 10. The molecule has 1 heterocycles. The van der Waals surface area contributed by atoms with E-state index in [1.165, 1.54) is 56.1 Å². The molecule has 0 amide bonds. The van der Waals surface area contributed by atoms with Crippen molar-refractivity contribution in [3.05, 3.63) is 35.4 Å². The van der Waals surface area contributed by atoms with Crippen molar-refractivity contribution in [2.45, 2.75) is 84.0 Å². The maximum absolute atomic E-state index is 5.97. The highest BCUT2D eigenvalue weighted by atomic mass is 16.5. The Labute approximate surface area is 136 Å². The van der Waals surface area contributed by atoms with E-state index < -0.39 is 0 Å². The smallest absolute Gasteiger partial charge is 0.0721 e. The quantitative estimate of drug-likeness (QED) is 0.623. The third-order valence-electron chi connectivity index (χ3n) is 4.64. The van der Waals surface area contributed by atoms with Crippen LogP contribution in [0, 0.1) is 0 Å². The summed E-state index contributed by atoms with van der Waals surface area (Å²) in [4.78, 5) is 0. The first-order valence-electron chi connectivity index (χ1n) is 9.20. The van der Waals surface area contributed by atoms with Crippen LogP contribution in [0.3, 0.4) is 0 Å². The second-order valence-corrected chi connectivity index (χ2v) is 6.81. The number of hydrogen-bond donors (Lipinski definition) is 1. The van der Waals surface area contributed by atoms with Crippen LogP contribution in [0.15, 0.2) is 24.3 Å². The highest BCUT2D eigenvalue weighted by molar-refractivity contribution is 5.22. The molecule has 1 saturated heterocycles. The van der Waals surface area contributed by atoms with Crippen LogP contribution in [0.2, 0.25) is 0 Å². The van der Waals surface area contributed by atoms with E-state index in [4.69, 9.17) is 4.74 Å². The van der Waals surface area contributed by atoms with Gasteiger partial charge in [0.25, 0.3) is 0 Å². The summed E-state index contributed by atoms with van der Waals surface area (Å²) in [6, 6.07) is 9.63. The van der Waals surface area contributed by atoms with Gasteiger partial charge in [-0.1, -0.05) is 63.3 Å². The van der Waals surface area contributed by atoms with E-state index in [1.54, 1.807) is 0 Å². The van der Waals surface area contributed by atoms with Gasteiger partial charge in [-0.3, -0.25) is 0 Å². The summed E-state index contributed by atoms with van der Waals surface area (Å²) in [5.74, 6) is 0. The predicted octanol–water partition coefficient (Wildman–Crippen LogP) is 4.86. The number of aryl methyl sites for hydroxylation is 1. The van der Waals surface area contributed by atoms with Crippen LogP contribution < -0.4 is 5.32 Å². The molecule has 22 heavy (non-hydrogen) atoms. The van der Waals surface area contributed by atoms with E-state index in [-0.39, 0.29) is 0 Å². The van der Waals surface area contributed by atoms with Gasteiger partial charge < -0.3 is 10.1 Å². The largest absolute Gasteiger partial charge is 0.372 e. The normalized spacial score (nSPS) is 21.4. The van der Waals surface area contributed by atoms with Gasteiger partial charge in [0.1, 0.15) is 0 Å². The third-order valence-corrected chi connectivity index (χ3v) is 4.64. The van der Waals surface area contributed by atoms with Crippen molar-refractivity contribution in [2.24, 2.45) is 0 Å². The monoisotopic (exact) mass is 303 g/mol. The first-order valence-corrected chi connectivity index (χ1v) is 9.20. The van der Waals surface area contributed by atoms with Gasteiger partial charge in [-0.05, 0) is 37.3 Å². The maximum atomic E-state index is 5.97. The van der Waals surface area contributed by atoms with Crippen molar-refractivity contribution in [3.63, 3.8) is 0 Å². The Balaban J connectivity index is 1.60. The van der Waals surface area contributed by atoms with Gasteiger partial charge in [0, 0.05) is 12.6 Å². The fourth-order valence-electron chi connectivity index (χ4n) is 3.15. The summed E-state index contributed by atoms with van der Waals surface area (Å²) >= 11 is 0. The number of hydrogen-bond acceptors (Lipinski definition) is 2. The fourth-order valence-corrected chi connectivity index (χ4v) is 3.15. The zero-order valence-electron chi connectivity index (χ0n) is 14.4. The Morgan fingerprint density at radius 3 is 2.36 bits per heavy atom. The van der Waals surface area contributed by atoms with E-state index in [9.17, 15) is 0 Å². The number of ether oxygens (including phenoxy) is 1. The Bertz CT molecular complexity index is 401. The van der Waals surface area contributed by atoms with E-state index in [0.29, 0.717) is 12.1 Å². The molecular formula is C20H33NO. The predicted molar refractivity (Wildman–Crippen MR) is 94.2 cm³/mol. The Morgan fingerprint density at radius 1 is 1.00 bits per heavy atom. The average molecular weight is 303 g/mol. The molecule has 2 rings (SSSR count). The maximum Gasteiger partial charge on any atom is 0.0721 e. The lowest BCUT2D eigenvalue weighted by Crippen LogP contribution is -2.18. The molecule has 0 radical (unpaired) electrons. The molecule has 1 N–H and O–H groups in total. The van der Waals surface area contributed by atoms with Crippen molar-refractivity contribution in [2.75, 3.05) is 6.54 Å². The second kappa shape index (κ2) is 10.0. The van der Waals surface area contributed by atoms with Gasteiger partial charge in [0.15, 0.2) is 0 Å². The molecule has 0 spiro atoms. The van der Waals surface area contributed by atoms with Crippen molar-refractivity contribution in [1.82, 2.24) is 5.32 Å². The van der Waals surface area contributed by atoms with Crippen LogP contribution in [-0.2, 0) is 17.8 Å². The molecule has 2 heteroatoms. The van der Waals surface area contributed by atoms with E-state index >= 15 is 0 Å². The van der Waals surface area contributed by atoms with Crippen molar-refractivity contribution in [1.29, 1.82) is 0 Å². The highest BCUT2D eigenvalue weighted by Crippen LogP contribution is 2.14. The minimum atomic E-state index is 0.387. The standard InChI is InChI=1S/C20H33NO/c1-3-4-5-6-7-8-9-18-10-12-19(13-11-18)16-22-20-14-17(2)21-15-20/h10-13,17,20-21H,3-9,14-16H2,1-2H3/t17-,20-/m1/s1. The molecular weight excluding hydrogens is 270 g/mol. The molecule has 2 atom stereocenters. The van der Waals surface area contributed by atoms with Gasteiger partial charge in [0.05, 0.1) is 12.7 Å². The summed E-state index contributed by atoms with van der Waals surface area (Å²) < 4.78 is 5.97. The van der Waals surface area contributed by atoms with Crippen molar-refractivity contribution in [3.8, 4) is 0 Å². The molecule has 0 unspecified atom stereocenters. The van der Waals surface area contributed by atoms with Crippen molar-refractivity contribution < 1.29 is 4.74 Å². The second-order valence-electron chi connectivity index (χ2n) is 6.81. The van der Waals surface area contributed by atoms with Gasteiger partial charge >= 0.3 is 0 Å². The lowest BCUT2D eigenvalue weighted by atomic mass is 10.0. The van der Waals surface area contributed by atoms with Crippen LogP contribution in [0.4, 0.5) is 0 Å². The Morgan fingerprint density at radius 2 is 1.68 bits per heavy atom. The minimum Gasteiger partial charge on any atom is -0.372 e. The van der Waals surface area contributed by atoms with Gasteiger partial charge in [-0.25, -0.2) is 0 Å².